The second kappa shape index (κ2) is 3.87. The molecule has 1 amide bonds. The van der Waals surface area contributed by atoms with Gasteiger partial charge in [0.15, 0.2) is 0 Å². The molecule has 2 unspecified atom stereocenters. The van der Waals surface area contributed by atoms with Crippen LogP contribution in [0.1, 0.15) is 0 Å². The molecule has 0 aromatic carbocycles. The summed E-state index contributed by atoms with van der Waals surface area (Å²) in [6.45, 7) is 1.63. The number of carbonyl (C=O) groups excluding carboxylic acids is 1. The number of rotatable bonds is 2. The Balaban J connectivity index is 2.57. The molecule has 4 heteroatoms. The molecule has 1 heterocycles. The monoisotopic (exact) mass is 172 g/mol. The van der Waals surface area contributed by atoms with Gasteiger partial charge in [0.2, 0.25) is 5.91 Å². The van der Waals surface area contributed by atoms with E-state index < -0.39 is 0 Å². The molecule has 0 spiro atoms. The third-order valence-corrected chi connectivity index (χ3v) is 2.33. The zero-order chi connectivity index (χ0) is 9.14. The molecule has 1 rings (SSSR count). The summed E-state index contributed by atoms with van der Waals surface area (Å²) in [4.78, 5) is 13.4. The summed E-state index contributed by atoms with van der Waals surface area (Å²) in [5, 5.41) is 2.65. The van der Waals surface area contributed by atoms with Gasteiger partial charge in [0.25, 0.3) is 0 Å². The Morgan fingerprint density at radius 3 is 2.75 bits per heavy atom. The van der Waals surface area contributed by atoms with Crippen LogP contribution >= 0.6 is 0 Å². The first kappa shape index (κ1) is 9.48. The lowest BCUT2D eigenvalue weighted by atomic mass is 10.1. The Bertz CT molecular complexity index is 172. The van der Waals surface area contributed by atoms with E-state index >= 15 is 0 Å². The second-order valence-corrected chi connectivity index (χ2v) is 3.22. The molecule has 2 atom stereocenters. The molecular weight excluding hydrogens is 156 g/mol. The number of methoxy groups -OCH3 is 1. The fourth-order valence-electron chi connectivity index (χ4n) is 1.64. The van der Waals surface area contributed by atoms with Crippen LogP contribution in [0.5, 0.6) is 0 Å². The smallest absolute Gasteiger partial charge is 0.226 e. The second-order valence-electron chi connectivity index (χ2n) is 3.22. The van der Waals surface area contributed by atoms with Crippen LogP contribution in [0.3, 0.4) is 0 Å². The van der Waals surface area contributed by atoms with Gasteiger partial charge >= 0.3 is 0 Å². The fraction of sp³-hybridized carbons (Fsp3) is 0.875. The van der Waals surface area contributed by atoms with Crippen molar-refractivity contribution in [1.29, 1.82) is 0 Å². The van der Waals surface area contributed by atoms with Gasteiger partial charge < -0.3 is 15.0 Å². The Kier molecular flexibility index (Phi) is 3.05. The van der Waals surface area contributed by atoms with E-state index in [0.717, 1.165) is 13.1 Å². The fourth-order valence-corrected chi connectivity index (χ4v) is 1.64. The Labute approximate surface area is 72.9 Å². The molecule has 1 aliphatic rings. The third kappa shape index (κ3) is 1.76. The van der Waals surface area contributed by atoms with Crippen molar-refractivity contribution in [3.63, 3.8) is 0 Å². The lowest BCUT2D eigenvalue weighted by Crippen LogP contribution is -2.35. The SMILES string of the molecule is CNC(=O)C1CN(C)CC1OC. The summed E-state index contributed by atoms with van der Waals surface area (Å²) in [7, 11) is 5.31. The molecule has 1 fully saturated rings. The highest BCUT2D eigenvalue weighted by molar-refractivity contribution is 5.79. The summed E-state index contributed by atoms with van der Waals surface area (Å²) in [6, 6.07) is 0. The molecule has 0 aromatic heterocycles. The highest BCUT2D eigenvalue weighted by Gasteiger charge is 2.35. The molecule has 0 radical (unpaired) electrons. The molecule has 4 nitrogen and oxygen atoms in total. The van der Waals surface area contributed by atoms with Gasteiger partial charge in [-0.05, 0) is 7.05 Å². The van der Waals surface area contributed by atoms with Crippen LogP contribution in [-0.4, -0.2) is 51.2 Å². The summed E-state index contributed by atoms with van der Waals surface area (Å²) in [6.07, 6.45) is 0.0509. The average molecular weight is 172 g/mol. The first-order valence-corrected chi connectivity index (χ1v) is 4.12. The van der Waals surface area contributed by atoms with Gasteiger partial charge in [-0.1, -0.05) is 0 Å². The van der Waals surface area contributed by atoms with E-state index in [1.54, 1.807) is 14.2 Å². The van der Waals surface area contributed by atoms with Gasteiger partial charge in [0.05, 0.1) is 12.0 Å². The predicted molar refractivity (Wildman–Crippen MR) is 45.9 cm³/mol. The minimum atomic E-state index is -0.00926. The average Bonchev–Trinajstić information content (AvgIpc) is 2.45. The van der Waals surface area contributed by atoms with Crippen molar-refractivity contribution in [2.75, 3.05) is 34.3 Å². The zero-order valence-electron chi connectivity index (χ0n) is 7.83. The van der Waals surface area contributed by atoms with Crippen LogP contribution in [0.25, 0.3) is 0 Å². The molecule has 1 aliphatic heterocycles. The standard InChI is InChI=1S/C8H16N2O2/c1-9-8(11)6-4-10(2)5-7(6)12-3/h6-7H,4-5H2,1-3H3,(H,9,11). The van der Waals surface area contributed by atoms with Gasteiger partial charge in [-0.2, -0.15) is 0 Å². The Morgan fingerprint density at radius 2 is 2.25 bits per heavy atom. The van der Waals surface area contributed by atoms with E-state index in [4.69, 9.17) is 4.74 Å². The number of nitrogens with one attached hydrogen (secondary N) is 1. The molecule has 12 heavy (non-hydrogen) atoms. The first-order valence-electron chi connectivity index (χ1n) is 4.12. The van der Waals surface area contributed by atoms with E-state index in [-0.39, 0.29) is 17.9 Å². The van der Waals surface area contributed by atoms with Crippen LogP contribution in [0.4, 0.5) is 0 Å². The molecule has 70 valence electrons. The first-order chi connectivity index (χ1) is 5.69. The molecule has 0 bridgehead atoms. The van der Waals surface area contributed by atoms with Crippen molar-refractivity contribution < 1.29 is 9.53 Å². The van der Waals surface area contributed by atoms with Crippen LogP contribution < -0.4 is 5.32 Å². The zero-order valence-corrected chi connectivity index (χ0v) is 7.83. The van der Waals surface area contributed by atoms with Gasteiger partial charge in [-0.25, -0.2) is 0 Å². The molecule has 0 saturated carbocycles. The highest BCUT2D eigenvalue weighted by Crippen LogP contribution is 2.17. The number of amides is 1. The minimum absolute atomic E-state index is 0.00926. The van der Waals surface area contributed by atoms with Crippen LogP contribution in [-0.2, 0) is 9.53 Å². The number of nitrogens with zero attached hydrogens (tertiary/aromatic N) is 1. The van der Waals surface area contributed by atoms with E-state index in [9.17, 15) is 4.79 Å². The van der Waals surface area contributed by atoms with Crippen molar-refractivity contribution in [2.45, 2.75) is 6.10 Å². The van der Waals surface area contributed by atoms with Crippen molar-refractivity contribution in [3.8, 4) is 0 Å². The quantitative estimate of drug-likeness (QED) is 0.599. The van der Waals surface area contributed by atoms with E-state index in [1.165, 1.54) is 0 Å². The topological polar surface area (TPSA) is 41.6 Å². The highest BCUT2D eigenvalue weighted by atomic mass is 16.5. The number of hydrogen-bond donors (Lipinski definition) is 1. The van der Waals surface area contributed by atoms with E-state index in [1.807, 2.05) is 7.05 Å². The summed E-state index contributed by atoms with van der Waals surface area (Å²) in [5.41, 5.74) is 0. The van der Waals surface area contributed by atoms with Crippen molar-refractivity contribution in [1.82, 2.24) is 10.2 Å². The van der Waals surface area contributed by atoms with Gasteiger partial charge in [0.1, 0.15) is 0 Å². The lowest BCUT2D eigenvalue weighted by Gasteiger charge is -2.14. The Hall–Kier alpha value is -0.610. The van der Waals surface area contributed by atoms with Gasteiger partial charge in [-0.3, -0.25) is 4.79 Å². The summed E-state index contributed by atoms with van der Waals surface area (Å²) in [5.74, 6) is 0.0659. The number of hydrogen-bond acceptors (Lipinski definition) is 3. The molecule has 0 aliphatic carbocycles. The molecule has 0 aromatic rings. The van der Waals surface area contributed by atoms with Gasteiger partial charge in [0, 0.05) is 27.2 Å². The largest absolute Gasteiger partial charge is 0.379 e. The Morgan fingerprint density at radius 1 is 1.58 bits per heavy atom. The van der Waals surface area contributed by atoms with Crippen molar-refractivity contribution in [3.05, 3.63) is 0 Å². The maximum Gasteiger partial charge on any atom is 0.226 e. The lowest BCUT2D eigenvalue weighted by molar-refractivity contribution is -0.127. The maximum atomic E-state index is 11.3. The van der Waals surface area contributed by atoms with Crippen LogP contribution in [0, 0.1) is 5.92 Å². The summed E-state index contributed by atoms with van der Waals surface area (Å²) < 4.78 is 5.21. The normalized spacial score (nSPS) is 30.6. The number of likely N-dealkylation sites (N-methyl/N-ethyl adjacent to an activating group) is 1. The molecule has 1 N–H and O–H groups in total. The molecule has 1 saturated heterocycles. The summed E-state index contributed by atoms with van der Waals surface area (Å²) >= 11 is 0. The number of likely N-dealkylation sites (tertiary alicyclic amines) is 1. The third-order valence-electron chi connectivity index (χ3n) is 2.33. The maximum absolute atomic E-state index is 11.3. The number of carbonyl (C=O) groups is 1. The number of ether oxygens (including phenoxy) is 1. The van der Waals surface area contributed by atoms with Crippen LogP contribution in [0.15, 0.2) is 0 Å². The van der Waals surface area contributed by atoms with E-state index in [0.29, 0.717) is 0 Å². The van der Waals surface area contributed by atoms with Crippen LogP contribution in [0.2, 0.25) is 0 Å². The van der Waals surface area contributed by atoms with Crippen molar-refractivity contribution in [2.24, 2.45) is 5.92 Å². The van der Waals surface area contributed by atoms with Crippen molar-refractivity contribution >= 4 is 5.91 Å². The van der Waals surface area contributed by atoms with E-state index in [2.05, 4.69) is 10.2 Å². The molecular formula is C8H16N2O2. The minimum Gasteiger partial charge on any atom is -0.379 e. The predicted octanol–water partition coefficient (Wildman–Crippen LogP) is -0.691. The van der Waals surface area contributed by atoms with Gasteiger partial charge in [-0.15, -0.1) is 0 Å².